The quantitative estimate of drug-likeness (QED) is 0.867. The molecule has 1 aromatic rings. The second-order valence-corrected chi connectivity index (χ2v) is 4.93. The van der Waals surface area contributed by atoms with Crippen LogP contribution in [0.2, 0.25) is 5.02 Å². The molecule has 3 N–H and O–H groups in total. The molecule has 0 bridgehead atoms. The molecule has 2 rings (SSSR count). The van der Waals surface area contributed by atoms with Crippen LogP contribution in [0.15, 0.2) is 12.3 Å². The summed E-state index contributed by atoms with van der Waals surface area (Å²) in [6.07, 6.45) is 2.85. The summed E-state index contributed by atoms with van der Waals surface area (Å²) < 4.78 is 0. The van der Waals surface area contributed by atoms with Gasteiger partial charge in [0.25, 0.3) is 0 Å². The molecule has 7 heteroatoms. The van der Waals surface area contributed by atoms with Gasteiger partial charge in [-0.2, -0.15) is 0 Å². The van der Waals surface area contributed by atoms with Crippen LogP contribution in [-0.4, -0.2) is 35.1 Å². The number of carboxylic acid groups (broad SMARTS) is 1. The number of primary amides is 1. The number of aromatic carboxylic acids is 1. The number of amides is 1. The molecule has 1 aliphatic rings. The van der Waals surface area contributed by atoms with E-state index in [0.29, 0.717) is 12.4 Å². The average molecular weight is 284 g/mol. The Morgan fingerprint density at radius 3 is 2.84 bits per heavy atom. The third kappa shape index (κ3) is 2.96. The summed E-state index contributed by atoms with van der Waals surface area (Å²) in [5, 5.41) is 9.12. The van der Waals surface area contributed by atoms with Gasteiger partial charge in [0, 0.05) is 19.3 Å². The van der Waals surface area contributed by atoms with E-state index in [1.54, 1.807) is 0 Å². The van der Waals surface area contributed by atoms with Crippen LogP contribution in [-0.2, 0) is 4.79 Å². The summed E-state index contributed by atoms with van der Waals surface area (Å²) in [6, 6.07) is 1.36. The van der Waals surface area contributed by atoms with Crippen molar-refractivity contribution in [3.05, 3.63) is 22.8 Å². The molecule has 0 aromatic carbocycles. The van der Waals surface area contributed by atoms with Crippen molar-refractivity contribution in [3.63, 3.8) is 0 Å². The molecule has 1 aromatic heterocycles. The summed E-state index contributed by atoms with van der Waals surface area (Å²) in [4.78, 5) is 28.0. The lowest BCUT2D eigenvalue weighted by Crippen LogP contribution is -2.41. The van der Waals surface area contributed by atoms with Crippen LogP contribution in [0, 0.1) is 5.92 Å². The molecule has 1 fully saturated rings. The number of anilines is 1. The highest BCUT2D eigenvalue weighted by Crippen LogP contribution is 2.28. The first-order chi connectivity index (χ1) is 8.99. The molecule has 19 heavy (non-hydrogen) atoms. The van der Waals surface area contributed by atoms with Crippen LogP contribution in [0.25, 0.3) is 0 Å². The van der Waals surface area contributed by atoms with E-state index in [4.69, 9.17) is 22.4 Å². The number of rotatable bonds is 3. The van der Waals surface area contributed by atoms with Crippen LogP contribution in [0.4, 0.5) is 5.82 Å². The van der Waals surface area contributed by atoms with Crippen molar-refractivity contribution >= 4 is 29.3 Å². The molecule has 0 aliphatic carbocycles. The maximum Gasteiger partial charge on any atom is 0.337 e. The molecule has 2 heterocycles. The zero-order valence-corrected chi connectivity index (χ0v) is 10.9. The van der Waals surface area contributed by atoms with Gasteiger partial charge in [0.2, 0.25) is 5.91 Å². The lowest BCUT2D eigenvalue weighted by molar-refractivity contribution is -0.122. The van der Waals surface area contributed by atoms with Crippen molar-refractivity contribution < 1.29 is 14.7 Å². The summed E-state index contributed by atoms with van der Waals surface area (Å²) in [5.74, 6) is -1.12. The second-order valence-electron chi connectivity index (χ2n) is 4.52. The fourth-order valence-corrected chi connectivity index (χ4v) is 2.47. The summed E-state index contributed by atoms with van der Waals surface area (Å²) in [7, 11) is 0. The summed E-state index contributed by atoms with van der Waals surface area (Å²) >= 11 is 6.05. The molecule has 0 spiro atoms. The Morgan fingerprint density at radius 2 is 2.26 bits per heavy atom. The van der Waals surface area contributed by atoms with Crippen LogP contribution in [0.1, 0.15) is 23.2 Å². The molecular formula is C12H14ClN3O3. The number of hydrogen-bond acceptors (Lipinski definition) is 4. The highest BCUT2D eigenvalue weighted by Gasteiger charge is 2.26. The standard InChI is InChI=1S/C12H14ClN3O3/c13-9-4-8(12(18)19)5-15-11(9)16-3-1-2-7(6-16)10(14)17/h4-5,7H,1-3,6H2,(H2,14,17)(H,18,19). The number of halogens is 1. The van der Waals surface area contributed by atoms with Crippen molar-refractivity contribution in [3.8, 4) is 0 Å². The van der Waals surface area contributed by atoms with Crippen LogP contribution < -0.4 is 10.6 Å². The number of aromatic nitrogens is 1. The average Bonchev–Trinajstić information content (AvgIpc) is 2.38. The number of pyridine rings is 1. The Balaban J connectivity index is 2.22. The van der Waals surface area contributed by atoms with Gasteiger partial charge < -0.3 is 15.7 Å². The predicted octanol–water partition coefficient (Wildman–Crippen LogP) is 1.13. The number of piperidine rings is 1. The molecule has 1 aliphatic heterocycles. The van der Waals surface area contributed by atoms with Gasteiger partial charge in [-0.25, -0.2) is 9.78 Å². The van der Waals surface area contributed by atoms with Gasteiger partial charge in [-0.05, 0) is 18.9 Å². The lowest BCUT2D eigenvalue weighted by atomic mass is 9.97. The largest absolute Gasteiger partial charge is 0.478 e. The molecule has 6 nitrogen and oxygen atoms in total. The minimum absolute atomic E-state index is 0.0391. The van der Waals surface area contributed by atoms with E-state index < -0.39 is 5.97 Å². The SMILES string of the molecule is NC(=O)C1CCCN(c2ncc(C(=O)O)cc2Cl)C1. The second kappa shape index (κ2) is 5.44. The van der Waals surface area contributed by atoms with Gasteiger partial charge in [0.15, 0.2) is 0 Å². The lowest BCUT2D eigenvalue weighted by Gasteiger charge is -2.32. The van der Waals surface area contributed by atoms with Gasteiger partial charge in [-0.1, -0.05) is 11.6 Å². The molecule has 1 atom stereocenters. The molecular weight excluding hydrogens is 270 g/mol. The first-order valence-electron chi connectivity index (χ1n) is 5.92. The Hall–Kier alpha value is -1.82. The van der Waals surface area contributed by atoms with Crippen molar-refractivity contribution in [1.29, 1.82) is 0 Å². The van der Waals surface area contributed by atoms with Gasteiger partial charge in [0.1, 0.15) is 5.82 Å². The first kappa shape index (κ1) is 13.6. The van der Waals surface area contributed by atoms with Crippen LogP contribution in [0.5, 0.6) is 0 Å². The maximum absolute atomic E-state index is 11.2. The summed E-state index contributed by atoms with van der Waals surface area (Å²) in [6.45, 7) is 1.19. The zero-order valence-electron chi connectivity index (χ0n) is 10.2. The molecule has 0 radical (unpaired) electrons. The fraction of sp³-hybridized carbons (Fsp3) is 0.417. The number of hydrogen-bond donors (Lipinski definition) is 2. The third-order valence-corrected chi connectivity index (χ3v) is 3.47. The van der Waals surface area contributed by atoms with Crippen LogP contribution in [0.3, 0.4) is 0 Å². The van der Waals surface area contributed by atoms with E-state index >= 15 is 0 Å². The Bertz CT molecular complexity index is 521. The minimum atomic E-state index is -1.07. The van der Waals surface area contributed by atoms with Crippen molar-refractivity contribution in [2.45, 2.75) is 12.8 Å². The molecule has 1 saturated heterocycles. The number of nitrogens with two attached hydrogens (primary N) is 1. The fourth-order valence-electron chi connectivity index (χ4n) is 2.18. The van der Waals surface area contributed by atoms with E-state index in [2.05, 4.69) is 4.98 Å². The third-order valence-electron chi connectivity index (χ3n) is 3.19. The first-order valence-corrected chi connectivity index (χ1v) is 6.30. The van der Waals surface area contributed by atoms with Crippen molar-refractivity contribution in [2.24, 2.45) is 11.7 Å². The van der Waals surface area contributed by atoms with E-state index in [1.807, 2.05) is 4.90 Å². The minimum Gasteiger partial charge on any atom is -0.478 e. The van der Waals surface area contributed by atoms with Crippen LogP contribution >= 0.6 is 11.6 Å². The van der Waals surface area contributed by atoms with Crippen molar-refractivity contribution in [1.82, 2.24) is 4.98 Å². The number of carbonyl (C=O) groups is 2. The van der Waals surface area contributed by atoms with Gasteiger partial charge in [-0.15, -0.1) is 0 Å². The Kier molecular flexibility index (Phi) is 3.90. The highest BCUT2D eigenvalue weighted by atomic mass is 35.5. The Morgan fingerprint density at radius 1 is 1.53 bits per heavy atom. The maximum atomic E-state index is 11.2. The molecule has 1 unspecified atom stereocenters. The normalized spacial score (nSPS) is 19.2. The smallest absolute Gasteiger partial charge is 0.337 e. The van der Waals surface area contributed by atoms with Gasteiger partial charge in [0.05, 0.1) is 16.5 Å². The summed E-state index contributed by atoms with van der Waals surface area (Å²) in [5.41, 5.74) is 5.35. The number of carbonyl (C=O) groups excluding carboxylic acids is 1. The number of nitrogens with zero attached hydrogens (tertiary/aromatic N) is 2. The van der Waals surface area contributed by atoms with E-state index in [1.165, 1.54) is 12.3 Å². The monoisotopic (exact) mass is 283 g/mol. The molecule has 1 amide bonds. The Labute approximate surface area is 115 Å². The predicted molar refractivity (Wildman–Crippen MR) is 70.3 cm³/mol. The molecule has 0 saturated carbocycles. The number of carboxylic acids is 1. The van der Waals surface area contributed by atoms with E-state index in [-0.39, 0.29) is 22.4 Å². The van der Waals surface area contributed by atoms with Gasteiger partial charge in [-0.3, -0.25) is 4.79 Å². The van der Waals surface area contributed by atoms with Crippen molar-refractivity contribution in [2.75, 3.05) is 18.0 Å². The zero-order chi connectivity index (χ0) is 14.0. The van der Waals surface area contributed by atoms with Gasteiger partial charge >= 0.3 is 5.97 Å². The highest BCUT2D eigenvalue weighted by molar-refractivity contribution is 6.33. The molecule has 102 valence electrons. The van der Waals surface area contributed by atoms with E-state index in [9.17, 15) is 9.59 Å². The van der Waals surface area contributed by atoms with E-state index in [0.717, 1.165) is 19.4 Å². The topological polar surface area (TPSA) is 96.5 Å².